The average molecular weight is 346 g/mol. The molecule has 0 saturated heterocycles. The van der Waals surface area contributed by atoms with Gasteiger partial charge in [0.15, 0.2) is 8.68 Å². The number of benzene rings is 1. The molecule has 0 spiro atoms. The summed E-state index contributed by atoms with van der Waals surface area (Å²) in [6, 6.07) is 7.11. The van der Waals surface area contributed by atoms with Gasteiger partial charge in [0, 0.05) is 22.9 Å². The van der Waals surface area contributed by atoms with Crippen LogP contribution in [-0.4, -0.2) is 28.1 Å². The summed E-state index contributed by atoms with van der Waals surface area (Å²) < 4.78 is 1.83. The zero-order valence-corrected chi connectivity index (χ0v) is 13.8. The van der Waals surface area contributed by atoms with E-state index in [4.69, 9.17) is 11.6 Å². The molecule has 20 heavy (non-hydrogen) atoms. The Morgan fingerprint density at radius 2 is 2.20 bits per heavy atom. The predicted octanol–water partition coefficient (Wildman–Crippen LogP) is 4.03. The van der Waals surface area contributed by atoms with Crippen LogP contribution in [0.1, 0.15) is 6.42 Å². The zero-order chi connectivity index (χ0) is 14.4. The predicted molar refractivity (Wildman–Crippen MR) is 87.1 cm³/mol. The monoisotopic (exact) mass is 345 g/mol. The summed E-state index contributed by atoms with van der Waals surface area (Å²) in [7, 11) is 0. The highest BCUT2D eigenvalue weighted by molar-refractivity contribution is 8.02. The van der Waals surface area contributed by atoms with Crippen LogP contribution in [0.25, 0.3) is 0 Å². The molecule has 8 heteroatoms. The van der Waals surface area contributed by atoms with Crippen molar-refractivity contribution in [1.82, 2.24) is 10.2 Å². The first kappa shape index (κ1) is 15.6. The molecule has 2 rings (SSSR count). The van der Waals surface area contributed by atoms with Crippen molar-refractivity contribution in [3.05, 3.63) is 29.3 Å². The SMILES string of the molecule is CSc1nnc(SCCC(=O)Nc2cccc(Cl)c2)s1. The van der Waals surface area contributed by atoms with Crippen molar-refractivity contribution in [3.63, 3.8) is 0 Å². The number of rotatable bonds is 6. The molecular formula is C12H12ClN3OS3. The van der Waals surface area contributed by atoms with Gasteiger partial charge in [0.25, 0.3) is 0 Å². The Hall–Kier alpha value is -0.760. The smallest absolute Gasteiger partial charge is 0.225 e. The highest BCUT2D eigenvalue weighted by Gasteiger charge is 2.06. The van der Waals surface area contributed by atoms with Crippen LogP contribution in [0.4, 0.5) is 5.69 Å². The molecule has 1 amide bonds. The second-order valence-corrected chi connectivity index (χ2v) is 7.50. The first-order valence-corrected chi connectivity index (χ1v) is 9.13. The van der Waals surface area contributed by atoms with E-state index in [1.807, 2.05) is 12.3 Å². The van der Waals surface area contributed by atoms with Gasteiger partial charge >= 0.3 is 0 Å². The van der Waals surface area contributed by atoms with Gasteiger partial charge in [-0.3, -0.25) is 4.79 Å². The van der Waals surface area contributed by atoms with Crippen LogP contribution in [0.3, 0.4) is 0 Å². The number of hydrogen-bond acceptors (Lipinski definition) is 6. The number of halogens is 1. The van der Waals surface area contributed by atoms with Crippen LogP contribution in [0.2, 0.25) is 5.02 Å². The maximum Gasteiger partial charge on any atom is 0.225 e. The molecule has 106 valence electrons. The van der Waals surface area contributed by atoms with Crippen molar-refractivity contribution in [2.75, 3.05) is 17.3 Å². The fourth-order valence-electron chi connectivity index (χ4n) is 1.36. The van der Waals surface area contributed by atoms with Gasteiger partial charge < -0.3 is 5.32 Å². The Labute approximate surface area is 134 Å². The normalized spacial score (nSPS) is 10.5. The standard InChI is InChI=1S/C12H12ClN3OS3/c1-18-11-15-16-12(20-11)19-6-5-10(17)14-9-4-2-3-8(13)7-9/h2-4,7H,5-6H2,1H3,(H,14,17). The molecule has 0 fully saturated rings. The lowest BCUT2D eigenvalue weighted by molar-refractivity contribution is -0.115. The summed E-state index contributed by atoms with van der Waals surface area (Å²) in [5, 5.41) is 11.5. The number of carbonyl (C=O) groups is 1. The molecular weight excluding hydrogens is 334 g/mol. The molecule has 0 aliphatic heterocycles. The van der Waals surface area contributed by atoms with Gasteiger partial charge in [-0.15, -0.1) is 10.2 Å². The van der Waals surface area contributed by atoms with Gasteiger partial charge in [0.1, 0.15) is 0 Å². The largest absolute Gasteiger partial charge is 0.326 e. The van der Waals surface area contributed by atoms with Crippen molar-refractivity contribution in [2.24, 2.45) is 0 Å². The van der Waals surface area contributed by atoms with E-state index in [0.29, 0.717) is 22.9 Å². The Bertz CT molecular complexity index is 591. The lowest BCUT2D eigenvalue weighted by atomic mass is 10.3. The molecule has 4 nitrogen and oxygen atoms in total. The summed E-state index contributed by atoms with van der Waals surface area (Å²) in [4.78, 5) is 11.8. The quantitative estimate of drug-likeness (QED) is 0.801. The van der Waals surface area contributed by atoms with E-state index in [0.717, 1.165) is 8.68 Å². The summed E-state index contributed by atoms with van der Waals surface area (Å²) in [6.45, 7) is 0. The summed E-state index contributed by atoms with van der Waals surface area (Å²) in [5.74, 6) is 0.643. The number of thioether (sulfide) groups is 2. The van der Waals surface area contributed by atoms with E-state index in [-0.39, 0.29) is 5.91 Å². The highest BCUT2D eigenvalue weighted by Crippen LogP contribution is 2.27. The van der Waals surface area contributed by atoms with Crippen LogP contribution >= 0.6 is 46.5 Å². The van der Waals surface area contributed by atoms with Gasteiger partial charge in [-0.1, -0.05) is 52.5 Å². The van der Waals surface area contributed by atoms with Crippen LogP contribution in [0.5, 0.6) is 0 Å². The first-order valence-electron chi connectivity index (χ1n) is 5.73. The number of carbonyl (C=O) groups excluding carboxylic acids is 1. The molecule has 0 atom stereocenters. The molecule has 1 N–H and O–H groups in total. The maximum atomic E-state index is 11.8. The molecule has 0 aliphatic carbocycles. The third kappa shape index (κ3) is 4.97. The molecule has 0 aliphatic rings. The Morgan fingerprint density at radius 1 is 1.40 bits per heavy atom. The average Bonchev–Trinajstić information content (AvgIpc) is 2.86. The molecule has 0 saturated carbocycles. The van der Waals surface area contributed by atoms with Gasteiger partial charge in [-0.05, 0) is 24.5 Å². The highest BCUT2D eigenvalue weighted by atomic mass is 35.5. The Morgan fingerprint density at radius 3 is 2.90 bits per heavy atom. The zero-order valence-electron chi connectivity index (χ0n) is 10.6. The fourth-order valence-corrected chi connectivity index (χ4v) is 4.00. The topological polar surface area (TPSA) is 54.9 Å². The second kappa shape index (κ2) is 7.87. The minimum Gasteiger partial charge on any atom is -0.326 e. The van der Waals surface area contributed by atoms with Crippen LogP contribution < -0.4 is 5.32 Å². The van der Waals surface area contributed by atoms with E-state index in [1.165, 1.54) is 0 Å². The number of nitrogens with one attached hydrogen (secondary N) is 1. The lowest BCUT2D eigenvalue weighted by Gasteiger charge is -2.04. The van der Waals surface area contributed by atoms with Crippen molar-refractivity contribution in [1.29, 1.82) is 0 Å². The molecule has 0 radical (unpaired) electrons. The van der Waals surface area contributed by atoms with E-state index < -0.39 is 0 Å². The van der Waals surface area contributed by atoms with E-state index in [9.17, 15) is 4.79 Å². The number of aromatic nitrogens is 2. The number of hydrogen-bond donors (Lipinski definition) is 1. The van der Waals surface area contributed by atoms with Crippen molar-refractivity contribution in [3.8, 4) is 0 Å². The minimum absolute atomic E-state index is 0.0330. The first-order chi connectivity index (χ1) is 9.67. The maximum absolute atomic E-state index is 11.8. The Kier molecular flexibility index (Phi) is 6.15. The third-order valence-corrected chi connectivity index (χ3v) is 5.49. The molecule has 0 bridgehead atoms. The van der Waals surface area contributed by atoms with E-state index >= 15 is 0 Å². The van der Waals surface area contributed by atoms with Crippen LogP contribution in [0.15, 0.2) is 32.9 Å². The number of nitrogens with zero attached hydrogens (tertiary/aromatic N) is 2. The summed E-state index contributed by atoms with van der Waals surface area (Å²) in [5.41, 5.74) is 0.716. The molecule has 1 aromatic carbocycles. The van der Waals surface area contributed by atoms with Gasteiger partial charge in [-0.25, -0.2) is 0 Å². The van der Waals surface area contributed by atoms with Gasteiger partial charge in [-0.2, -0.15) is 0 Å². The molecule has 1 aromatic heterocycles. The summed E-state index contributed by atoms with van der Waals surface area (Å²) in [6.07, 6.45) is 2.39. The second-order valence-electron chi connectivity index (χ2n) is 3.69. The molecule has 0 unspecified atom stereocenters. The van der Waals surface area contributed by atoms with E-state index in [2.05, 4.69) is 15.5 Å². The minimum atomic E-state index is -0.0330. The van der Waals surface area contributed by atoms with Gasteiger partial charge in [0.05, 0.1) is 0 Å². The van der Waals surface area contributed by atoms with Crippen molar-refractivity contribution < 1.29 is 4.79 Å². The number of amides is 1. The van der Waals surface area contributed by atoms with E-state index in [1.54, 1.807) is 53.1 Å². The van der Waals surface area contributed by atoms with Crippen LogP contribution in [-0.2, 0) is 4.79 Å². The number of anilines is 1. The van der Waals surface area contributed by atoms with Crippen LogP contribution in [0, 0.1) is 0 Å². The third-order valence-electron chi connectivity index (χ3n) is 2.23. The molecule has 2 aromatic rings. The summed E-state index contributed by atoms with van der Waals surface area (Å²) >= 11 is 10.5. The fraction of sp³-hybridized carbons (Fsp3) is 0.250. The van der Waals surface area contributed by atoms with Gasteiger partial charge in [0.2, 0.25) is 5.91 Å². The lowest BCUT2D eigenvalue weighted by Crippen LogP contribution is -2.11. The molecule has 1 heterocycles. The van der Waals surface area contributed by atoms with Crippen molar-refractivity contribution in [2.45, 2.75) is 15.1 Å². The van der Waals surface area contributed by atoms with Crippen molar-refractivity contribution >= 4 is 58.1 Å². The Balaban J connectivity index is 1.75.